The summed E-state index contributed by atoms with van der Waals surface area (Å²) in [6.45, 7) is 0. The van der Waals surface area contributed by atoms with Crippen LogP contribution < -0.4 is 11.1 Å². The van der Waals surface area contributed by atoms with E-state index < -0.39 is 0 Å². The van der Waals surface area contributed by atoms with Crippen LogP contribution in [0.4, 0.5) is 0 Å². The first-order chi connectivity index (χ1) is 22.2. The van der Waals surface area contributed by atoms with Gasteiger partial charge < -0.3 is 10.2 Å². The van der Waals surface area contributed by atoms with Crippen molar-refractivity contribution in [3.63, 3.8) is 0 Å². The molecule has 8 aromatic rings. The van der Waals surface area contributed by atoms with Crippen molar-refractivity contribution in [1.29, 1.82) is 0 Å². The topological polar surface area (TPSA) is 51.2 Å². The Hall–Kier alpha value is -5.48. The quantitative estimate of drug-likeness (QED) is 0.112. The smallest absolute Gasteiger partial charge is 0.134 e. The molecule has 0 amide bonds. The molecule has 0 saturated carbocycles. The monoisotopic (exact) mass is 580 g/mol. The minimum Gasteiger partial charge on any atom is -0.459 e. The molecule has 0 radical (unpaired) electrons. The van der Waals surface area contributed by atoms with E-state index in [1.807, 2.05) is 48.5 Å². The van der Waals surface area contributed by atoms with E-state index in [1.54, 1.807) is 0 Å². The van der Waals surface area contributed by atoms with Gasteiger partial charge in [0.15, 0.2) is 0 Å². The number of hydrogen-bond donors (Lipinski definition) is 2. The molecule has 0 aliphatic carbocycles. The third-order valence-corrected chi connectivity index (χ3v) is 8.72. The molecule has 45 heavy (non-hydrogen) atoms. The van der Waals surface area contributed by atoms with Gasteiger partial charge in [0.2, 0.25) is 0 Å². The Kier molecular flexibility index (Phi) is 6.95. The van der Waals surface area contributed by atoms with Crippen LogP contribution in [0.1, 0.15) is 29.1 Å². The summed E-state index contributed by atoms with van der Waals surface area (Å²) in [6.07, 6.45) is 3.91. The second-order valence-corrected chi connectivity index (χ2v) is 11.6. The summed E-state index contributed by atoms with van der Waals surface area (Å²) in [7, 11) is 0. The molecule has 0 aliphatic heterocycles. The Bertz CT molecular complexity index is 2280. The Labute approximate surface area is 262 Å². The van der Waals surface area contributed by atoms with Crippen LogP contribution >= 0.6 is 0 Å². The highest BCUT2D eigenvalue weighted by Gasteiger charge is 2.17. The molecule has 0 aliphatic rings. The van der Waals surface area contributed by atoms with Crippen LogP contribution in [-0.2, 0) is 0 Å². The van der Waals surface area contributed by atoms with Gasteiger partial charge in [0.1, 0.15) is 11.3 Å². The third-order valence-electron chi connectivity index (χ3n) is 8.72. The highest BCUT2D eigenvalue weighted by molar-refractivity contribution is 6.15. The molecule has 1 aromatic heterocycles. The molecule has 0 spiro atoms. The average Bonchev–Trinajstić information content (AvgIpc) is 3.54. The van der Waals surface area contributed by atoms with Crippen LogP contribution in [0.5, 0.6) is 0 Å². The molecule has 216 valence electrons. The Morgan fingerprint density at radius 3 is 2.09 bits per heavy atom. The minimum atomic E-state index is -0.350. The number of nitrogens with two attached hydrogens (primary N) is 1. The second-order valence-electron chi connectivity index (χ2n) is 11.6. The zero-order chi connectivity index (χ0) is 30.2. The maximum atomic E-state index is 6.60. The van der Waals surface area contributed by atoms with E-state index >= 15 is 0 Å². The Morgan fingerprint density at radius 2 is 1.29 bits per heavy atom. The lowest BCUT2D eigenvalue weighted by molar-refractivity contribution is 0.435. The highest BCUT2D eigenvalue weighted by atomic mass is 16.3. The third kappa shape index (κ3) is 5.29. The van der Waals surface area contributed by atoms with Crippen molar-refractivity contribution in [1.82, 2.24) is 5.32 Å². The molecule has 3 nitrogen and oxygen atoms in total. The first kappa shape index (κ1) is 27.1. The van der Waals surface area contributed by atoms with E-state index in [1.165, 1.54) is 43.4 Å². The van der Waals surface area contributed by atoms with E-state index in [2.05, 4.69) is 121 Å². The number of fused-ring (bicyclic) bond motifs is 5. The fraction of sp³-hybridized carbons (Fsp3) is 0.0476. The molecule has 3 N–H and O–H groups in total. The van der Waals surface area contributed by atoms with E-state index in [9.17, 15) is 0 Å². The Balaban J connectivity index is 1.11. The summed E-state index contributed by atoms with van der Waals surface area (Å²) in [5.41, 5.74) is 12.0. The van der Waals surface area contributed by atoms with E-state index in [4.69, 9.17) is 10.2 Å². The second kappa shape index (κ2) is 11.5. The lowest BCUT2D eigenvalue weighted by Gasteiger charge is -2.19. The van der Waals surface area contributed by atoms with Crippen molar-refractivity contribution in [2.24, 2.45) is 5.73 Å². The van der Waals surface area contributed by atoms with Crippen LogP contribution in [0.2, 0.25) is 0 Å². The van der Waals surface area contributed by atoms with Gasteiger partial charge in [0, 0.05) is 5.39 Å². The van der Waals surface area contributed by atoms with Gasteiger partial charge in [0.25, 0.3) is 0 Å². The van der Waals surface area contributed by atoms with Crippen molar-refractivity contribution >= 4 is 49.4 Å². The first-order valence-electron chi connectivity index (χ1n) is 15.4. The summed E-state index contributed by atoms with van der Waals surface area (Å²) in [5.74, 6) is 0.825. The van der Waals surface area contributed by atoms with Gasteiger partial charge in [0.05, 0.1) is 12.2 Å². The maximum Gasteiger partial charge on any atom is 0.134 e. The zero-order valence-corrected chi connectivity index (χ0v) is 24.7. The summed E-state index contributed by atoms with van der Waals surface area (Å²) in [6, 6.07) is 53.1. The lowest BCUT2D eigenvalue weighted by Crippen LogP contribution is -2.31. The van der Waals surface area contributed by atoms with Crippen LogP contribution in [0, 0.1) is 0 Å². The molecule has 0 fully saturated rings. The van der Waals surface area contributed by atoms with E-state index in [-0.39, 0.29) is 12.2 Å². The van der Waals surface area contributed by atoms with Crippen molar-refractivity contribution in [3.8, 4) is 11.1 Å². The highest BCUT2D eigenvalue weighted by Crippen LogP contribution is 2.35. The SMILES string of the molecule is NC(NC(/C=C/c1ccc(-c2cccc3c2ccc2cc4ccccc4cc23)cc1)c1cc2ccccc2o1)c1ccccc1. The van der Waals surface area contributed by atoms with Gasteiger partial charge in [-0.05, 0) is 78.8 Å². The average molecular weight is 581 g/mol. The van der Waals surface area contributed by atoms with Crippen LogP contribution in [0.25, 0.3) is 60.5 Å². The maximum absolute atomic E-state index is 6.60. The van der Waals surface area contributed by atoms with E-state index in [0.717, 1.165) is 27.9 Å². The molecule has 7 aromatic carbocycles. The number of hydrogen-bond acceptors (Lipinski definition) is 3. The summed E-state index contributed by atoms with van der Waals surface area (Å²) in [5, 5.41) is 12.2. The Morgan fingerprint density at radius 1 is 0.556 bits per heavy atom. The molecular weight excluding hydrogens is 548 g/mol. The molecule has 0 saturated heterocycles. The van der Waals surface area contributed by atoms with Crippen molar-refractivity contribution in [2.75, 3.05) is 0 Å². The molecule has 8 rings (SSSR count). The van der Waals surface area contributed by atoms with Crippen LogP contribution in [0.3, 0.4) is 0 Å². The molecule has 2 atom stereocenters. The van der Waals surface area contributed by atoms with Crippen molar-refractivity contribution in [3.05, 3.63) is 175 Å². The summed E-state index contributed by atoms with van der Waals surface area (Å²) < 4.78 is 6.26. The minimum absolute atomic E-state index is 0.213. The van der Waals surface area contributed by atoms with Crippen LogP contribution in [0.15, 0.2) is 162 Å². The normalized spacial score (nSPS) is 13.3. The van der Waals surface area contributed by atoms with E-state index in [0.29, 0.717) is 0 Å². The van der Waals surface area contributed by atoms with Crippen molar-refractivity contribution < 1.29 is 4.42 Å². The molecule has 2 unspecified atom stereocenters. The number of nitrogens with one attached hydrogen (secondary N) is 1. The lowest BCUT2D eigenvalue weighted by atomic mass is 9.93. The molecular formula is C42H32N2O. The number of benzene rings is 7. The number of rotatable bonds is 7. The summed E-state index contributed by atoms with van der Waals surface area (Å²) in [4.78, 5) is 0. The largest absolute Gasteiger partial charge is 0.459 e. The fourth-order valence-corrected chi connectivity index (χ4v) is 6.35. The summed E-state index contributed by atoms with van der Waals surface area (Å²) >= 11 is 0. The van der Waals surface area contributed by atoms with Gasteiger partial charge in [-0.25, -0.2) is 0 Å². The molecule has 0 bridgehead atoms. The van der Waals surface area contributed by atoms with Crippen LogP contribution in [-0.4, -0.2) is 0 Å². The van der Waals surface area contributed by atoms with Crippen molar-refractivity contribution in [2.45, 2.75) is 12.2 Å². The van der Waals surface area contributed by atoms with Gasteiger partial charge >= 0.3 is 0 Å². The molecule has 3 heteroatoms. The standard InChI is InChI=1S/C42H32N2O/c43-42(30-9-2-1-3-10-30)44-39(41-27-34-13-6-7-16-40(34)45-41)24-19-28-17-20-29(21-18-28)35-14-8-15-36-37(35)23-22-33-25-31-11-4-5-12-32(31)26-38(33)36/h1-27,39,42,44H,43H2/b24-19+. The van der Waals surface area contributed by atoms with Gasteiger partial charge in [-0.2, -0.15) is 0 Å². The van der Waals surface area contributed by atoms with Gasteiger partial charge in [-0.1, -0.05) is 140 Å². The zero-order valence-electron chi connectivity index (χ0n) is 24.7. The number of para-hydroxylation sites is 1. The van der Waals surface area contributed by atoms with Gasteiger partial charge in [-0.3, -0.25) is 5.32 Å². The predicted octanol–water partition coefficient (Wildman–Crippen LogP) is 10.6. The van der Waals surface area contributed by atoms with Gasteiger partial charge in [-0.15, -0.1) is 0 Å². The predicted molar refractivity (Wildman–Crippen MR) is 189 cm³/mol. The number of furan rings is 1. The first-order valence-corrected chi connectivity index (χ1v) is 15.4. The fourth-order valence-electron chi connectivity index (χ4n) is 6.35. The molecule has 1 heterocycles.